The molecule has 0 aliphatic heterocycles. The highest BCUT2D eigenvalue weighted by Gasteiger charge is 1.95. The van der Waals surface area contributed by atoms with E-state index in [0.29, 0.717) is 9.52 Å². The molecule has 0 aliphatic carbocycles. The van der Waals surface area contributed by atoms with Crippen LogP contribution < -0.4 is 5.73 Å². The summed E-state index contributed by atoms with van der Waals surface area (Å²) in [7, 11) is 0.417. The second-order valence-corrected chi connectivity index (χ2v) is 4.49. The van der Waals surface area contributed by atoms with Crippen molar-refractivity contribution in [2.45, 2.75) is 39.4 Å². The van der Waals surface area contributed by atoms with Crippen LogP contribution in [0, 0.1) is 0 Å². The van der Waals surface area contributed by atoms with Crippen LogP contribution in [0.3, 0.4) is 0 Å². The van der Waals surface area contributed by atoms with Gasteiger partial charge in [-0.25, -0.2) is 0 Å². The predicted molar refractivity (Wildman–Crippen MR) is 44.2 cm³/mol. The highest BCUT2D eigenvalue weighted by atomic mass is 28.2. The van der Waals surface area contributed by atoms with Crippen LogP contribution in [0.2, 0.25) is 13.1 Å². The van der Waals surface area contributed by atoms with Crippen molar-refractivity contribution in [3.05, 3.63) is 0 Å². The van der Waals surface area contributed by atoms with Crippen LogP contribution in [0.5, 0.6) is 0 Å². The minimum Gasteiger partial charge on any atom is -0.326 e. The SMILES string of the molecule is CC(C)(C)N.C[SiH2]C. The van der Waals surface area contributed by atoms with Gasteiger partial charge in [-0.2, -0.15) is 0 Å². The van der Waals surface area contributed by atoms with Gasteiger partial charge in [-0.1, -0.05) is 13.1 Å². The molecule has 0 bridgehead atoms. The topological polar surface area (TPSA) is 26.0 Å². The Bertz CT molecular complexity index is 32.3. The summed E-state index contributed by atoms with van der Waals surface area (Å²) < 4.78 is 0. The molecule has 0 radical (unpaired) electrons. The molecule has 0 unspecified atom stereocenters. The Labute approximate surface area is 55.5 Å². The van der Waals surface area contributed by atoms with Crippen molar-refractivity contribution in [2.75, 3.05) is 0 Å². The average Bonchev–Trinajstić information content (AvgIpc) is 1.27. The fraction of sp³-hybridized carbons (Fsp3) is 1.00. The molecule has 0 heterocycles. The van der Waals surface area contributed by atoms with Gasteiger partial charge in [0.2, 0.25) is 0 Å². The average molecular weight is 133 g/mol. The summed E-state index contributed by atoms with van der Waals surface area (Å²) in [6.07, 6.45) is 0. The van der Waals surface area contributed by atoms with Crippen molar-refractivity contribution >= 4 is 9.52 Å². The largest absolute Gasteiger partial charge is 0.326 e. The minimum atomic E-state index is 0. The van der Waals surface area contributed by atoms with Crippen molar-refractivity contribution in [1.29, 1.82) is 0 Å². The third-order valence-corrected chi connectivity index (χ3v) is 0. The number of hydrogen-bond acceptors (Lipinski definition) is 1. The summed E-state index contributed by atoms with van der Waals surface area (Å²) >= 11 is 0. The maximum Gasteiger partial charge on any atom is 0.0135 e. The van der Waals surface area contributed by atoms with Crippen LogP contribution in [0.1, 0.15) is 20.8 Å². The smallest absolute Gasteiger partial charge is 0.0135 e. The number of rotatable bonds is 0. The van der Waals surface area contributed by atoms with E-state index in [0.717, 1.165) is 0 Å². The molecule has 0 saturated carbocycles. The maximum absolute atomic E-state index is 5.35. The van der Waals surface area contributed by atoms with Crippen LogP contribution in [0.25, 0.3) is 0 Å². The Morgan fingerprint density at radius 1 is 1.12 bits per heavy atom. The normalized spacial score (nSPS) is 9.75. The molecule has 52 valence electrons. The molecule has 0 aromatic heterocycles. The molecule has 0 rings (SSSR count). The summed E-state index contributed by atoms with van der Waals surface area (Å²) in [5, 5.41) is 0. The van der Waals surface area contributed by atoms with E-state index in [9.17, 15) is 0 Å². The molecule has 0 aromatic rings. The summed E-state index contributed by atoms with van der Waals surface area (Å²) in [5.74, 6) is 0. The zero-order valence-corrected chi connectivity index (χ0v) is 8.20. The fourth-order valence-electron chi connectivity index (χ4n) is 0. The van der Waals surface area contributed by atoms with Gasteiger partial charge in [0, 0.05) is 15.1 Å². The van der Waals surface area contributed by atoms with E-state index in [2.05, 4.69) is 13.1 Å². The lowest BCUT2D eigenvalue weighted by atomic mass is 10.1. The molecule has 2 N–H and O–H groups in total. The first-order valence-corrected chi connectivity index (χ1v) is 6.03. The number of hydrogen-bond donors (Lipinski definition) is 1. The first-order chi connectivity index (χ1) is 3.41. The lowest BCUT2D eigenvalue weighted by molar-refractivity contribution is 0.580. The van der Waals surface area contributed by atoms with Crippen molar-refractivity contribution in [2.24, 2.45) is 5.73 Å². The molecule has 0 atom stereocenters. The van der Waals surface area contributed by atoms with E-state index in [1.165, 1.54) is 0 Å². The lowest BCUT2D eigenvalue weighted by Gasteiger charge is -2.06. The van der Waals surface area contributed by atoms with Crippen molar-refractivity contribution < 1.29 is 0 Å². The monoisotopic (exact) mass is 133 g/mol. The third-order valence-electron chi connectivity index (χ3n) is 0. The molecule has 0 saturated heterocycles. The van der Waals surface area contributed by atoms with Crippen molar-refractivity contribution in [3.63, 3.8) is 0 Å². The van der Waals surface area contributed by atoms with Gasteiger partial charge >= 0.3 is 0 Å². The van der Waals surface area contributed by atoms with Gasteiger partial charge in [0.1, 0.15) is 0 Å². The molecular weight excluding hydrogens is 114 g/mol. The van der Waals surface area contributed by atoms with E-state index >= 15 is 0 Å². The zero-order chi connectivity index (χ0) is 7.21. The quantitative estimate of drug-likeness (QED) is 0.490. The summed E-state index contributed by atoms with van der Waals surface area (Å²) in [5.41, 5.74) is 5.35. The summed E-state index contributed by atoms with van der Waals surface area (Å²) in [4.78, 5) is 0. The van der Waals surface area contributed by atoms with Crippen LogP contribution in [-0.2, 0) is 0 Å². The van der Waals surface area contributed by atoms with E-state index in [4.69, 9.17) is 5.73 Å². The Hall–Kier alpha value is 0.177. The molecule has 0 aromatic carbocycles. The second kappa shape index (κ2) is 5.32. The highest BCUT2D eigenvalue weighted by Crippen LogP contribution is 1.88. The molecule has 8 heavy (non-hydrogen) atoms. The number of nitrogens with two attached hydrogens (primary N) is 1. The Kier molecular flexibility index (Phi) is 7.34. The van der Waals surface area contributed by atoms with Crippen molar-refractivity contribution in [1.82, 2.24) is 0 Å². The van der Waals surface area contributed by atoms with Gasteiger partial charge in [0.15, 0.2) is 0 Å². The van der Waals surface area contributed by atoms with E-state index in [-0.39, 0.29) is 5.54 Å². The Morgan fingerprint density at radius 2 is 1.12 bits per heavy atom. The standard InChI is InChI=1S/C4H11N.C2H8Si/c1-4(2,3)5;1-3-2/h5H2,1-3H3;3H2,1-2H3. The predicted octanol–water partition coefficient (Wildman–Crippen LogP) is 0.995. The minimum absolute atomic E-state index is 0. The fourth-order valence-corrected chi connectivity index (χ4v) is 0. The molecule has 0 amide bonds. The van der Waals surface area contributed by atoms with Crippen LogP contribution in [0.15, 0.2) is 0 Å². The van der Waals surface area contributed by atoms with Crippen molar-refractivity contribution in [3.8, 4) is 0 Å². The lowest BCUT2D eigenvalue weighted by Crippen LogP contribution is -2.26. The van der Waals surface area contributed by atoms with Gasteiger partial charge in [-0.05, 0) is 20.8 Å². The van der Waals surface area contributed by atoms with E-state index < -0.39 is 0 Å². The van der Waals surface area contributed by atoms with Gasteiger partial charge in [-0.15, -0.1) is 0 Å². The Balaban J connectivity index is 0. The van der Waals surface area contributed by atoms with Gasteiger partial charge in [-0.3, -0.25) is 0 Å². The molecule has 0 fully saturated rings. The molecule has 1 nitrogen and oxygen atoms in total. The first-order valence-electron chi connectivity index (χ1n) is 3.20. The third kappa shape index (κ3) is 5290. The molecular formula is C6H19NSi. The first kappa shape index (κ1) is 11.0. The molecule has 0 aliphatic rings. The van der Waals surface area contributed by atoms with Crippen LogP contribution in [-0.4, -0.2) is 15.1 Å². The van der Waals surface area contributed by atoms with Crippen LogP contribution >= 0.6 is 0 Å². The summed E-state index contributed by atoms with van der Waals surface area (Å²) in [6, 6.07) is 0. The van der Waals surface area contributed by atoms with Crippen LogP contribution in [0.4, 0.5) is 0 Å². The van der Waals surface area contributed by atoms with Gasteiger partial charge < -0.3 is 5.73 Å². The second-order valence-electron chi connectivity index (χ2n) is 3.07. The highest BCUT2D eigenvalue weighted by molar-refractivity contribution is 6.31. The van der Waals surface area contributed by atoms with E-state index in [1.54, 1.807) is 0 Å². The summed E-state index contributed by atoms with van der Waals surface area (Å²) in [6.45, 7) is 10.4. The maximum atomic E-state index is 5.35. The zero-order valence-electron chi connectivity index (χ0n) is 6.78. The molecule has 0 spiro atoms. The Morgan fingerprint density at radius 3 is 1.12 bits per heavy atom. The molecule has 2 heteroatoms. The van der Waals surface area contributed by atoms with Gasteiger partial charge in [0.05, 0.1) is 0 Å². The van der Waals surface area contributed by atoms with E-state index in [1.807, 2.05) is 20.8 Å². The van der Waals surface area contributed by atoms with Gasteiger partial charge in [0.25, 0.3) is 0 Å².